The van der Waals surface area contributed by atoms with Crippen LogP contribution in [0.2, 0.25) is 0 Å². The second-order valence-corrected chi connectivity index (χ2v) is 5.40. The first kappa shape index (κ1) is 16.8. The molecular formula is C10H19N3O4S. The minimum absolute atomic E-state index is 0.0563. The number of hydrogen-bond acceptors (Lipinski definition) is 4. The molecule has 0 amide bonds. The van der Waals surface area contributed by atoms with E-state index in [2.05, 4.69) is 4.72 Å². The first-order valence-corrected chi connectivity index (χ1v) is 7.20. The zero-order valence-corrected chi connectivity index (χ0v) is 11.4. The van der Waals surface area contributed by atoms with Gasteiger partial charge in [-0.2, -0.15) is 22.7 Å². The highest BCUT2D eigenvalue weighted by Gasteiger charge is 2.27. The summed E-state index contributed by atoms with van der Waals surface area (Å²) in [5.74, 6) is -1.20. The van der Waals surface area contributed by atoms with Gasteiger partial charge in [0.1, 0.15) is 6.04 Å². The van der Waals surface area contributed by atoms with Gasteiger partial charge in [-0.15, -0.1) is 0 Å². The Balaban J connectivity index is 4.78. The second-order valence-electron chi connectivity index (χ2n) is 3.70. The van der Waals surface area contributed by atoms with Crippen LogP contribution < -0.4 is 4.72 Å². The van der Waals surface area contributed by atoms with Crippen molar-refractivity contribution in [1.29, 1.82) is 5.26 Å². The van der Waals surface area contributed by atoms with Gasteiger partial charge in [0.05, 0.1) is 6.07 Å². The molecule has 8 heteroatoms. The van der Waals surface area contributed by atoms with Crippen molar-refractivity contribution in [2.75, 3.05) is 13.1 Å². The summed E-state index contributed by atoms with van der Waals surface area (Å²) in [5, 5.41) is 17.3. The molecular weight excluding hydrogens is 258 g/mol. The predicted molar refractivity (Wildman–Crippen MR) is 65.9 cm³/mol. The van der Waals surface area contributed by atoms with Gasteiger partial charge in [-0.3, -0.25) is 4.79 Å². The molecule has 0 aromatic rings. The maximum atomic E-state index is 11.9. The zero-order chi connectivity index (χ0) is 14.2. The number of carboxylic acid groups (broad SMARTS) is 1. The molecule has 18 heavy (non-hydrogen) atoms. The Bertz CT molecular complexity index is 402. The van der Waals surface area contributed by atoms with Gasteiger partial charge in [0, 0.05) is 19.5 Å². The highest BCUT2D eigenvalue weighted by Crippen LogP contribution is 2.04. The average molecular weight is 277 g/mol. The molecule has 0 bridgehead atoms. The molecule has 0 aliphatic carbocycles. The van der Waals surface area contributed by atoms with Crippen LogP contribution in [0.4, 0.5) is 0 Å². The summed E-state index contributed by atoms with van der Waals surface area (Å²) < 4.78 is 27.0. The predicted octanol–water partition coefficient (Wildman–Crippen LogP) is 0.310. The summed E-state index contributed by atoms with van der Waals surface area (Å²) in [5.41, 5.74) is 0. The van der Waals surface area contributed by atoms with E-state index in [4.69, 9.17) is 10.4 Å². The van der Waals surface area contributed by atoms with E-state index in [1.165, 1.54) is 0 Å². The fraction of sp³-hybridized carbons (Fsp3) is 0.800. The quantitative estimate of drug-likeness (QED) is 0.630. The molecule has 2 N–H and O–H groups in total. The number of rotatable bonds is 9. The molecule has 0 aromatic heterocycles. The lowest BCUT2D eigenvalue weighted by atomic mass is 10.2. The van der Waals surface area contributed by atoms with E-state index in [0.717, 1.165) is 4.31 Å². The molecule has 0 saturated heterocycles. The molecule has 1 atom stereocenters. The zero-order valence-electron chi connectivity index (χ0n) is 10.6. The number of nitrogens with one attached hydrogen (secondary N) is 1. The Morgan fingerprint density at radius 1 is 1.50 bits per heavy atom. The van der Waals surface area contributed by atoms with Crippen LogP contribution in [-0.2, 0) is 15.0 Å². The van der Waals surface area contributed by atoms with Crippen molar-refractivity contribution >= 4 is 16.2 Å². The van der Waals surface area contributed by atoms with E-state index in [1.54, 1.807) is 13.8 Å². The van der Waals surface area contributed by atoms with Gasteiger partial charge in [0.15, 0.2) is 0 Å². The van der Waals surface area contributed by atoms with E-state index >= 15 is 0 Å². The summed E-state index contributed by atoms with van der Waals surface area (Å²) in [6.07, 6.45) is 0.856. The molecule has 0 radical (unpaired) electrons. The average Bonchev–Trinajstić information content (AvgIpc) is 2.28. The summed E-state index contributed by atoms with van der Waals surface area (Å²) in [6, 6.07) is 0.727. The molecule has 0 aliphatic heterocycles. The van der Waals surface area contributed by atoms with E-state index in [1.807, 2.05) is 6.07 Å². The molecule has 0 aromatic carbocycles. The van der Waals surface area contributed by atoms with Crippen molar-refractivity contribution in [3.8, 4) is 6.07 Å². The number of aliphatic carboxylic acids is 1. The Morgan fingerprint density at radius 3 is 2.50 bits per heavy atom. The molecule has 0 aliphatic rings. The minimum atomic E-state index is -3.86. The number of carboxylic acids is 1. The van der Waals surface area contributed by atoms with Crippen LogP contribution in [0.5, 0.6) is 0 Å². The van der Waals surface area contributed by atoms with Crippen molar-refractivity contribution in [3.63, 3.8) is 0 Å². The van der Waals surface area contributed by atoms with Crippen LogP contribution in [0.15, 0.2) is 0 Å². The second kappa shape index (κ2) is 8.02. The van der Waals surface area contributed by atoms with Gasteiger partial charge in [-0.25, -0.2) is 0 Å². The monoisotopic (exact) mass is 277 g/mol. The number of carbonyl (C=O) groups is 1. The first-order valence-electron chi connectivity index (χ1n) is 5.76. The van der Waals surface area contributed by atoms with Gasteiger partial charge in [0.2, 0.25) is 0 Å². The standard InChI is InChI=1S/C10H19N3O4S/c1-3-6-9(10(14)15)12-18(16,17)13(4-2)8-5-7-11/h9,12H,3-6,8H2,1-2H3,(H,14,15). The van der Waals surface area contributed by atoms with Crippen molar-refractivity contribution in [1.82, 2.24) is 9.03 Å². The summed E-state index contributed by atoms with van der Waals surface area (Å²) in [4.78, 5) is 10.9. The fourth-order valence-electron chi connectivity index (χ4n) is 1.40. The fourth-order valence-corrected chi connectivity index (χ4v) is 2.80. The maximum Gasteiger partial charge on any atom is 0.321 e. The van der Waals surface area contributed by atoms with Crippen LogP contribution >= 0.6 is 0 Å². The van der Waals surface area contributed by atoms with Crippen LogP contribution in [-0.4, -0.2) is 42.9 Å². The molecule has 0 spiro atoms. The van der Waals surface area contributed by atoms with E-state index in [0.29, 0.717) is 6.42 Å². The Hall–Kier alpha value is -1.17. The van der Waals surface area contributed by atoms with Crippen molar-refractivity contribution < 1.29 is 18.3 Å². The van der Waals surface area contributed by atoms with E-state index in [9.17, 15) is 13.2 Å². The largest absolute Gasteiger partial charge is 0.480 e. The highest BCUT2D eigenvalue weighted by molar-refractivity contribution is 7.87. The highest BCUT2D eigenvalue weighted by atomic mass is 32.2. The topological polar surface area (TPSA) is 111 Å². The Morgan fingerprint density at radius 2 is 2.11 bits per heavy atom. The summed E-state index contributed by atoms with van der Waals surface area (Å²) >= 11 is 0. The van der Waals surface area contributed by atoms with Gasteiger partial charge in [0.25, 0.3) is 10.2 Å². The molecule has 7 nitrogen and oxygen atoms in total. The molecule has 1 unspecified atom stereocenters. The first-order chi connectivity index (χ1) is 8.38. The Kier molecular flexibility index (Phi) is 7.50. The lowest BCUT2D eigenvalue weighted by molar-refractivity contribution is -0.139. The molecule has 0 saturated carbocycles. The smallest absolute Gasteiger partial charge is 0.321 e. The molecule has 0 fully saturated rings. The normalized spacial score (nSPS) is 13.2. The number of nitriles is 1. The van der Waals surface area contributed by atoms with Crippen LogP contribution in [0.1, 0.15) is 33.1 Å². The van der Waals surface area contributed by atoms with Crippen molar-refractivity contribution in [3.05, 3.63) is 0 Å². The third-order valence-corrected chi connectivity index (χ3v) is 4.04. The van der Waals surface area contributed by atoms with Gasteiger partial charge in [-0.1, -0.05) is 20.3 Å². The SMILES string of the molecule is CCCC(NS(=O)(=O)N(CC)CCC#N)C(=O)O. The summed E-state index contributed by atoms with van der Waals surface area (Å²) in [6.45, 7) is 3.65. The van der Waals surface area contributed by atoms with Gasteiger partial charge in [-0.05, 0) is 6.42 Å². The third-order valence-electron chi connectivity index (χ3n) is 2.33. The lowest BCUT2D eigenvalue weighted by Crippen LogP contribution is -2.48. The Labute approximate surface area is 108 Å². The van der Waals surface area contributed by atoms with Crippen LogP contribution in [0.3, 0.4) is 0 Å². The van der Waals surface area contributed by atoms with Crippen molar-refractivity contribution in [2.24, 2.45) is 0 Å². The lowest BCUT2D eigenvalue weighted by Gasteiger charge is -2.22. The number of hydrogen-bond donors (Lipinski definition) is 2. The van der Waals surface area contributed by atoms with Gasteiger partial charge < -0.3 is 5.11 Å². The molecule has 0 heterocycles. The van der Waals surface area contributed by atoms with E-state index < -0.39 is 22.2 Å². The van der Waals surface area contributed by atoms with Crippen LogP contribution in [0, 0.1) is 11.3 Å². The van der Waals surface area contributed by atoms with Gasteiger partial charge >= 0.3 is 5.97 Å². The molecule has 0 rings (SSSR count). The number of nitrogens with zero attached hydrogens (tertiary/aromatic N) is 2. The maximum absolute atomic E-state index is 11.9. The van der Waals surface area contributed by atoms with E-state index in [-0.39, 0.29) is 25.9 Å². The molecule has 104 valence electrons. The van der Waals surface area contributed by atoms with Crippen LogP contribution in [0.25, 0.3) is 0 Å². The summed E-state index contributed by atoms with van der Waals surface area (Å²) in [7, 11) is -3.86. The minimum Gasteiger partial charge on any atom is -0.480 e. The van der Waals surface area contributed by atoms with Crippen molar-refractivity contribution in [2.45, 2.75) is 39.2 Å². The third kappa shape index (κ3) is 5.44.